The van der Waals surface area contributed by atoms with Crippen LogP contribution in [0, 0.1) is 0 Å². The minimum atomic E-state index is 0.910. The van der Waals surface area contributed by atoms with Crippen LogP contribution in [0.2, 0.25) is 0 Å². The van der Waals surface area contributed by atoms with Gasteiger partial charge in [-0.3, -0.25) is 0 Å². The average molecular weight is 627 g/mol. The molecular formula is C46H30N2O. The van der Waals surface area contributed by atoms with E-state index < -0.39 is 0 Å². The van der Waals surface area contributed by atoms with Gasteiger partial charge in [0, 0.05) is 38.6 Å². The zero-order valence-corrected chi connectivity index (χ0v) is 26.6. The smallest absolute Gasteiger partial charge is 0.136 e. The molecule has 10 rings (SSSR count). The van der Waals surface area contributed by atoms with Gasteiger partial charge in [-0.05, 0) is 94.7 Å². The van der Waals surface area contributed by atoms with Crippen LogP contribution in [-0.2, 0) is 0 Å². The maximum atomic E-state index is 6.25. The van der Waals surface area contributed by atoms with Gasteiger partial charge in [-0.2, -0.15) is 0 Å². The lowest BCUT2D eigenvalue weighted by Crippen LogP contribution is -2.10. The second-order valence-electron chi connectivity index (χ2n) is 12.6. The molecule has 0 N–H and O–H groups in total. The molecule has 0 amide bonds. The molecule has 0 atom stereocenters. The summed E-state index contributed by atoms with van der Waals surface area (Å²) in [5, 5.41) is 7.01. The van der Waals surface area contributed by atoms with E-state index in [0.717, 1.165) is 50.1 Å². The lowest BCUT2D eigenvalue weighted by atomic mass is 10.0. The predicted octanol–water partition coefficient (Wildman–Crippen LogP) is 13.0. The molecule has 0 unspecified atom stereocenters. The fourth-order valence-electron chi connectivity index (χ4n) is 7.52. The van der Waals surface area contributed by atoms with Crippen molar-refractivity contribution in [1.82, 2.24) is 4.57 Å². The van der Waals surface area contributed by atoms with Gasteiger partial charge in [0.15, 0.2) is 0 Å². The van der Waals surface area contributed by atoms with Crippen molar-refractivity contribution in [2.75, 3.05) is 4.90 Å². The molecule has 49 heavy (non-hydrogen) atoms. The third-order valence-electron chi connectivity index (χ3n) is 9.72. The van der Waals surface area contributed by atoms with Gasteiger partial charge in [0.05, 0.1) is 16.7 Å². The van der Waals surface area contributed by atoms with E-state index in [9.17, 15) is 0 Å². The molecule has 8 aromatic carbocycles. The number of hydrogen-bond acceptors (Lipinski definition) is 2. The second-order valence-corrected chi connectivity index (χ2v) is 12.6. The highest BCUT2D eigenvalue weighted by atomic mass is 16.3. The van der Waals surface area contributed by atoms with E-state index >= 15 is 0 Å². The fourth-order valence-corrected chi connectivity index (χ4v) is 7.52. The Morgan fingerprint density at radius 3 is 1.98 bits per heavy atom. The molecule has 10 aromatic rings. The van der Waals surface area contributed by atoms with Crippen molar-refractivity contribution in [2.45, 2.75) is 0 Å². The lowest BCUT2D eigenvalue weighted by molar-refractivity contribution is 0.669. The summed E-state index contributed by atoms with van der Waals surface area (Å²) in [6.07, 6.45) is 0. The predicted molar refractivity (Wildman–Crippen MR) is 206 cm³/mol. The van der Waals surface area contributed by atoms with Crippen LogP contribution in [0.5, 0.6) is 0 Å². The molecule has 0 aliphatic heterocycles. The SMILES string of the molecule is c1ccc(-c2cccc(N(c3ccc4cc5oc6ccccc6c5cc4c3)c3cccc4c3c3ccccc3n4-c3ccccc3)c2)cc1. The number of nitrogens with zero attached hydrogens (tertiary/aromatic N) is 2. The van der Waals surface area contributed by atoms with Crippen LogP contribution in [-0.4, -0.2) is 4.57 Å². The number of aromatic nitrogens is 1. The van der Waals surface area contributed by atoms with Crippen LogP contribution < -0.4 is 4.90 Å². The van der Waals surface area contributed by atoms with Crippen molar-refractivity contribution in [3.05, 3.63) is 182 Å². The normalized spacial score (nSPS) is 11.7. The molecule has 0 bridgehead atoms. The van der Waals surface area contributed by atoms with Gasteiger partial charge >= 0.3 is 0 Å². The molecule has 2 aromatic heterocycles. The Morgan fingerprint density at radius 2 is 1.10 bits per heavy atom. The summed E-state index contributed by atoms with van der Waals surface area (Å²) in [6.45, 7) is 0. The molecule has 2 heterocycles. The van der Waals surface area contributed by atoms with Crippen LogP contribution in [0.25, 0.3) is 71.3 Å². The van der Waals surface area contributed by atoms with Crippen LogP contribution in [0.1, 0.15) is 0 Å². The maximum absolute atomic E-state index is 6.25. The summed E-state index contributed by atoms with van der Waals surface area (Å²) >= 11 is 0. The number of anilines is 3. The molecule has 0 radical (unpaired) electrons. The first kappa shape index (κ1) is 27.5. The van der Waals surface area contributed by atoms with E-state index in [1.54, 1.807) is 0 Å². The maximum Gasteiger partial charge on any atom is 0.136 e. The van der Waals surface area contributed by atoms with E-state index in [0.29, 0.717) is 0 Å². The Kier molecular flexibility index (Phi) is 6.18. The van der Waals surface area contributed by atoms with Crippen LogP contribution in [0.4, 0.5) is 17.1 Å². The molecule has 0 aliphatic rings. The topological polar surface area (TPSA) is 21.3 Å². The van der Waals surface area contributed by atoms with Crippen LogP contribution in [0.3, 0.4) is 0 Å². The molecule has 3 heteroatoms. The Balaban J connectivity index is 1.26. The Hall–Kier alpha value is -6.58. The quantitative estimate of drug-likeness (QED) is 0.190. The molecule has 230 valence electrons. The van der Waals surface area contributed by atoms with Gasteiger partial charge in [-0.25, -0.2) is 0 Å². The van der Waals surface area contributed by atoms with Crippen LogP contribution in [0.15, 0.2) is 186 Å². The highest BCUT2D eigenvalue weighted by Crippen LogP contribution is 2.45. The van der Waals surface area contributed by atoms with E-state index in [4.69, 9.17) is 4.42 Å². The second kappa shape index (κ2) is 11.0. The van der Waals surface area contributed by atoms with Crippen molar-refractivity contribution < 1.29 is 4.42 Å². The molecule has 0 aliphatic carbocycles. The van der Waals surface area contributed by atoms with Gasteiger partial charge in [0.2, 0.25) is 0 Å². The van der Waals surface area contributed by atoms with Gasteiger partial charge in [0.25, 0.3) is 0 Å². The highest BCUT2D eigenvalue weighted by molar-refractivity contribution is 6.17. The van der Waals surface area contributed by atoms with Gasteiger partial charge in [0.1, 0.15) is 11.2 Å². The third kappa shape index (κ3) is 4.44. The molecule has 0 fully saturated rings. The molecule has 3 nitrogen and oxygen atoms in total. The number of hydrogen-bond donors (Lipinski definition) is 0. The Morgan fingerprint density at radius 1 is 0.408 bits per heavy atom. The van der Waals surface area contributed by atoms with Crippen molar-refractivity contribution in [1.29, 1.82) is 0 Å². The number of benzene rings is 8. The number of para-hydroxylation sites is 3. The molecular weight excluding hydrogens is 597 g/mol. The molecule has 0 saturated carbocycles. The molecule has 0 saturated heterocycles. The molecule has 0 spiro atoms. The number of rotatable bonds is 5. The van der Waals surface area contributed by atoms with Crippen LogP contribution >= 0.6 is 0 Å². The number of furan rings is 1. The standard InChI is InChI=1S/C46H30N2O/c1-3-13-31(14-4-1)32-15-11-18-36(27-32)47(37-26-25-33-30-45-40(29-34(33)28-37)38-19-8-10-24-44(38)49-45)42-22-12-23-43-46(42)39-20-7-9-21-41(39)48(43)35-16-5-2-6-17-35/h1-30H. The average Bonchev–Trinajstić information content (AvgIpc) is 3.70. The van der Waals surface area contributed by atoms with Gasteiger partial charge in [-0.15, -0.1) is 0 Å². The number of fused-ring (bicyclic) bond motifs is 7. The first-order valence-corrected chi connectivity index (χ1v) is 16.7. The minimum Gasteiger partial charge on any atom is -0.456 e. The zero-order valence-electron chi connectivity index (χ0n) is 26.6. The Bertz CT molecular complexity index is 2830. The third-order valence-corrected chi connectivity index (χ3v) is 9.72. The monoisotopic (exact) mass is 626 g/mol. The van der Waals surface area contributed by atoms with E-state index in [-0.39, 0.29) is 0 Å². The van der Waals surface area contributed by atoms with E-state index in [2.05, 4.69) is 179 Å². The van der Waals surface area contributed by atoms with Crippen molar-refractivity contribution >= 4 is 71.6 Å². The summed E-state index contributed by atoms with van der Waals surface area (Å²) < 4.78 is 8.63. The first-order valence-electron chi connectivity index (χ1n) is 16.7. The Labute approximate surface area is 283 Å². The minimum absolute atomic E-state index is 0.910. The lowest BCUT2D eigenvalue weighted by Gasteiger charge is -2.27. The summed E-state index contributed by atoms with van der Waals surface area (Å²) in [6, 6.07) is 65.1. The fraction of sp³-hybridized carbons (Fsp3) is 0. The summed E-state index contributed by atoms with van der Waals surface area (Å²) in [4.78, 5) is 2.42. The summed E-state index contributed by atoms with van der Waals surface area (Å²) in [5.74, 6) is 0. The van der Waals surface area contributed by atoms with Crippen molar-refractivity contribution in [2.24, 2.45) is 0 Å². The van der Waals surface area contributed by atoms with Crippen molar-refractivity contribution in [3.63, 3.8) is 0 Å². The first-order chi connectivity index (χ1) is 24.3. The highest BCUT2D eigenvalue weighted by Gasteiger charge is 2.22. The summed E-state index contributed by atoms with van der Waals surface area (Å²) in [5.41, 5.74) is 11.0. The van der Waals surface area contributed by atoms with Crippen molar-refractivity contribution in [3.8, 4) is 16.8 Å². The zero-order chi connectivity index (χ0) is 32.3. The largest absolute Gasteiger partial charge is 0.456 e. The van der Waals surface area contributed by atoms with Gasteiger partial charge in [-0.1, -0.05) is 109 Å². The van der Waals surface area contributed by atoms with E-state index in [1.807, 2.05) is 12.1 Å². The van der Waals surface area contributed by atoms with E-state index in [1.165, 1.54) is 38.3 Å². The summed E-state index contributed by atoms with van der Waals surface area (Å²) in [7, 11) is 0. The van der Waals surface area contributed by atoms with Gasteiger partial charge < -0.3 is 13.9 Å².